The first-order valence-electron chi connectivity index (χ1n) is 7.98. The number of amides is 1. The minimum Gasteiger partial charge on any atom is -0.374 e. The van der Waals surface area contributed by atoms with Gasteiger partial charge in [-0.1, -0.05) is 35.9 Å². The van der Waals surface area contributed by atoms with Crippen LogP contribution in [0.3, 0.4) is 0 Å². The Balaban J connectivity index is 1.96. The highest BCUT2D eigenvalue weighted by Gasteiger charge is 2.14. The van der Waals surface area contributed by atoms with Gasteiger partial charge in [0.25, 0.3) is 0 Å². The Bertz CT molecular complexity index is 689. The van der Waals surface area contributed by atoms with Crippen molar-refractivity contribution < 1.29 is 9.53 Å². The van der Waals surface area contributed by atoms with Crippen LogP contribution in [-0.4, -0.2) is 18.1 Å². The van der Waals surface area contributed by atoms with Crippen LogP contribution in [0.5, 0.6) is 0 Å². The molecule has 24 heavy (non-hydrogen) atoms. The Hall–Kier alpha value is -2.04. The van der Waals surface area contributed by atoms with E-state index in [4.69, 9.17) is 16.3 Å². The van der Waals surface area contributed by atoms with Crippen LogP contribution in [0.25, 0.3) is 0 Å². The Morgan fingerprint density at radius 3 is 2.58 bits per heavy atom. The molecule has 5 heteroatoms. The molecular formula is C19H23ClN2O2. The van der Waals surface area contributed by atoms with E-state index in [1.807, 2.05) is 57.2 Å². The molecule has 1 amide bonds. The van der Waals surface area contributed by atoms with E-state index in [9.17, 15) is 4.79 Å². The van der Waals surface area contributed by atoms with Crippen molar-refractivity contribution in [1.29, 1.82) is 0 Å². The summed E-state index contributed by atoms with van der Waals surface area (Å²) in [4.78, 5) is 12.3. The smallest absolute Gasteiger partial charge is 0.246 e. The number of rotatable bonds is 7. The molecule has 0 aliphatic carbocycles. The van der Waals surface area contributed by atoms with Crippen molar-refractivity contribution in [1.82, 2.24) is 0 Å². The SMILES string of the molecule is CC(C)OCc1cccc(NC(C)C(=O)Nc2ccccc2Cl)c1. The lowest BCUT2D eigenvalue weighted by molar-refractivity contribution is -0.116. The third-order valence-corrected chi connectivity index (χ3v) is 3.75. The third kappa shape index (κ3) is 5.55. The van der Waals surface area contributed by atoms with Gasteiger partial charge in [-0.3, -0.25) is 4.79 Å². The molecule has 0 bridgehead atoms. The average Bonchev–Trinajstić information content (AvgIpc) is 2.55. The highest BCUT2D eigenvalue weighted by molar-refractivity contribution is 6.33. The molecule has 0 saturated heterocycles. The lowest BCUT2D eigenvalue weighted by Gasteiger charge is -2.17. The quantitative estimate of drug-likeness (QED) is 0.763. The molecule has 1 atom stereocenters. The zero-order chi connectivity index (χ0) is 17.5. The fourth-order valence-corrected chi connectivity index (χ4v) is 2.32. The van der Waals surface area contributed by atoms with E-state index in [-0.39, 0.29) is 12.0 Å². The van der Waals surface area contributed by atoms with Crippen molar-refractivity contribution in [2.75, 3.05) is 10.6 Å². The number of hydrogen-bond acceptors (Lipinski definition) is 3. The number of carbonyl (C=O) groups is 1. The lowest BCUT2D eigenvalue weighted by atomic mass is 10.2. The molecule has 0 heterocycles. The second-order valence-electron chi connectivity index (χ2n) is 5.90. The first kappa shape index (κ1) is 18.3. The molecule has 0 fully saturated rings. The van der Waals surface area contributed by atoms with E-state index in [2.05, 4.69) is 10.6 Å². The summed E-state index contributed by atoms with van der Waals surface area (Å²) >= 11 is 6.07. The summed E-state index contributed by atoms with van der Waals surface area (Å²) in [5, 5.41) is 6.54. The molecule has 2 aromatic rings. The molecule has 2 rings (SSSR count). The molecule has 2 aromatic carbocycles. The van der Waals surface area contributed by atoms with Crippen molar-refractivity contribution in [3.8, 4) is 0 Å². The van der Waals surface area contributed by atoms with E-state index in [1.54, 1.807) is 12.1 Å². The molecule has 128 valence electrons. The molecule has 0 radical (unpaired) electrons. The number of para-hydroxylation sites is 1. The molecule has 4 nitrogen and oxygen atoms in total. The van der Waals surface area contributed by atoms with Crippen LogP contribution < -0.4 is 10.6 Å². The van der Waals surface area contributed by atoms with Crippen molar-refractivity contribution in [3.05, 3.63) is 59.1 Å². The zero-order valence-electron chi connectivity index (χ0n) is 14.2. The standard InChI is InChI=1S/C19H23ClN2O2/c1-13(2)24-12-15-7-6-8-16(11-15)21-14(3)19(23)22-18-10-5-4-9-17(18)20/h4-11,13-14,21H,12H2,1-3H3,(H,22,23). The van der Waals surface area contributed by atoms with Gasteiger partial charge in [0.2, 0.25) is 5.91 Å². The average molecular weight is 347 g/mol. The van der Waals surface area contributed by atoms with Crippen molar-refractivity contribution in [2.45, 2.75) is 39.5 Å². The second-order valence-corrected chi connectivity index (χ2v) is 6.30. The predicted molar refractivity (Wildman–Crippen MR) is 99.5 cm³/mol. The first-order valence-corrected chi connectivity index (χ1v) is 8.36. The van der Waals surface area contributed by atoms with E-state index < -0.39 is 6.04 Å². The first-order chi connectivity index (χ1) is 11.5. The second kappa shape index (κ2) is 8.71. The summed E-state index contributed by atoms with van der Waals surface area (Å²) in [6.07, 6.45) is 0.182. The highest BCUT2D eigenvalue weighted by Crippen LogP contribution is 2.21. The molecule has 0 saturated carbocycles. The van der Waals surface area contributed by atoms with E-state index in [0.717, 1.165) is 11.3 Å². The number of anilines is 2. The normalized spacial score (nSPS) is 12.0. The van der Waals surface area contributed by atoms with Crippen LogP contribution in [0.15, 0.2) is 48.5 Å². The van der Waals surface area contributed by atoms with Gasteiger partial charge in [-0.15, -0.1) is 0 Å². The number of carbonyl (C=O) groups excluding carboxylic acids is 1. The fraction of sp³-hybridized carbons (Fsp3) is 0.316. The molecule has 0 spiro atoms. The number of nitrogens with one attached hydrogen (secondary N) is 2. The minimum absolute atomic E-state index is 0.146. The van der Waals surface area contributed by atoms with Gasteiger partial charge in [-0.05, 0) is 50.6 Å². The maximum absolute atomic E-state index is 12.3. The van der Waals surface area contributed by atoms with Crippen molar-refractivity contribution >= 4 is 28.9 Å². The fourth-order valence-electron chi connectivity index (χ4n) is 2.13. The Morgan fingerprint density at radius 2 is 1.88 bits per heavy atom. The topological polar surface area (TPSA) is 50.4 Å². The van der Waals surface area contributed by atoms with E-state index >= 15 is 0 Å². The minimum atomic E-state index is -0.400. The monoisotopic (exact) mass is 346 g/mol. The molecule has 0 aliphatic heterocycles. The Kier molecular flexibility index (Phi) is 6.64. The van der Waals surface area contributed by atoms with Crippen LogP contribution in [0.4, 0.5) is 11.4 Å². The maximum atomic E-state index is 12.3. The zero-order valence-corrected chi connectivity index (χ0v) is 14.9. The van der Waals surface area contributed by atoms with E-state index in [1.165, 1.54) is 0 Å². The van der Waals surface area contributed by atoms with Gasteiger partial charge in [0.05, 0.1) is 23.4 Å². The van der Waals surface area contributed by atoms with Crippen molar-refractivity contribution in [3.63, 3.8) is 0 Å². The summed E-state index contributed by atoms with van der Waals surface area (Å²) in [5.41, 5.74) is 2.55. The highest BCUT2D eigenvalue weighted by atomic mass is 35.5. The van der Waals surface area contributed by atoms with Crippen LogP contribution in [-0.2, 0) is 16.1 Å². The summed E-state index contributed by atoms with van der Waals surface area (Å²) < 4.78 is 5.61. The van der Waals surface area contributed by atoms with Crippen LogP contribution in [0, 0.1) is 0 Å². The van der Waals surface area contributed by atoms with Gasteiger partial charge < -0.3 is 15.4 Å². The summed E-state index contributed by atoms with van der Waals surface area (Å²) in [5.74, 6) is -0.146. The number of halogens is 1. The maximum Gasteiger partial charge on any atom is 0.246 e. The van der Waals surface area contributed by atoms with Crippen LogP contribution in [0.1, 0.15) is 26.3 Å². The third-order valence-electron chi connectivity index (χ3n) is 3.42. The Morgan fingerprint density at radius 1 is 1.12 bits per heavy atom. The summed E-state index contributed by atoms with van der Waals surface area (Å²) in [7, 11) is 0. The number of benzene rings is 2. The van der Waals surface area contributed by atoms with Crippen LogP contribution in [0.2, 0.25) is 5.02 Å². The van der Waals surface area contributed by atoms with Gasteiger partial charge in [0, 0.05) is 5.69 Å². The molecule has 0 aromatic heterocycles. The van der Waals surface area contributed by atoms with Gasteiger partial charge >= 0.3 is 0 Å². The summed E-state index contributed by atoms with van der Waals surface area (Å²) in [6, 6.07) is 14.6. The molecule has 2 N–H and O–H groups in total. The molecule has 0 aliphatic rings. The molecule has 1 unspecified atom stereocenters. The summed E-state index contributed by atoms with van der Waals surface area (Å²) in [6.45, 7) is 6.36. The lowest BCUT2D eigenvalue weighted by Crippen LogP contribution is -2.32. The van der Waals surface area contributed by atoms with Crippen molar-refractivity contribution in [2.24, 2.45) is 0 Å². The Labute approximate surface area is 148 Å². The van der Waals surface area contributed by atoms with E-state index in [0.29, 0.717) is 17.3 Å². The van der Waals surface area contributed by atoms with Gasteiger partial charge in [-0.25, -0.2) is 0 Å². The van der Waals surface area contributed by atoms with Crippen LogP contribution >= 0.6 is 11.6 Å². The predicted octanol–water partition coefficient (Wildman–Crippen LogP) is 4.70. The number of ether oxygens (including phenoxy) is 1. The largest absolute Gasteiger partial charge is 0.374 e. The van der Waals surface area contributed by atoms with Gasteiger partial charge in [0.15, 0.2) is 0 Å². The molecular weight excluding hydrogens is 324 g/mol. The van der Waals surface area contributed by atoms with Gasteiger partial charge in [-0.2, -0.15) is 0 Å². The van der Waals surface area contributed by atoms with Gasteiger partial charge in [0.1, 0.15) is 6.04 Å². The number of hydrogen-bond donors (Lipinski definition) is 2.